The molecule has 2 aromatic rings. The second-order valence-electron chi connectivity index (χ2n) is 4.73. The van der Waals surface area contributed by atoms with Gasteiger partial charge in [-0.2, -0.15) is 0 Å². The summed E-state index contributed by atoms with van der Waals surface area (Å²) < 4.78 is 27.2. The number of hydrogen-bond donors (Lipinski definition) is 2. The molecule has 0 radical (unpaired) electrons. The van der Waals surface area contributed by atoms with E-state index in [2.05, 4.69) is 11.6 Å². The lowest BCUT2D eigenvalue weighted by Gasteiger charge is -2.08. The molecule has 3 N–H and O–H groups in total. The molecule has 1 heterocycles. The van der Waals surface area contributed by atoms with E-state index in [0.717, 1.165) is 23.3 Å². The molecule has 6 heteroatoms. The molecule has 0 spiro atoms. The van der Waals surface area contributed by atoms with E-state index in [1.165, 1.54) is 5.56 Å². The van der Waals surface area contributed by atoms with Crippen molar-refractivity contribution in [3.63, 3.8) is 0 Å². The van der Waals surface area contributed by atoms with E-state index in [0.29, 0.717) is 13.1 Å². The number of benzene rings is 1. The van der Waals surface area contributed by atoms with Gasteiger partial charge in [0.15, 0.2) is 0 Å². The molecule has 2 rings (SSSR count). The highest BCUT2D eigenvalue weighted by molar-refractivity contribution is 7.89. The fourth-order valence-corrected chi connectivity index (χ4v) is 4.09. The van der Waals surface area contributed by atoms with Crippen LogP contribution in [0.3, 0.4) is 0 Å². The topological polar surface area (TPSA) is 72.2 Å². The summed E-state index contributed by atoms with van der Waals surface area (Å²) in [6.07, 6.45) is 1.66. The smallest absolute Gasteiger partial charge is 0.240 e. The largest absolute Gasteiger partial charge is 0.330 e. The van der Waals surface area contributed by atoms with Crippen molar-refractivity contribution in [1.29, 1.82) is 0 Å². The SMILES string of the molecule is CCc1ccsc1CNS(=O)(=O)c1ccc(CCN)cc1. The highest BCUT2D eigenvalue weighted by Crippen LogP contribution is 2.18. The minimum atomic E-state index is -3.47. The van der Waals surface area contributed by atoms with E-state index in [4.69, 9.17) is 5.73 Å². The Morgan fingerprint density at radius 2 is 1.90 bits per heavy atom. The third kappa shape index (κ3) is 4.14. The normalized spacial score (nSPS) is 11.7. The molecule has 114 valence electrons. The predicted octanol–water partition coefficient (Wildman–Crippen LogP) is 2.29. The van der Waals surface area contributed by atoms with Gasteiger partial charge in [-0.3, -0.25) is 0 Å². The van der Waals surface area contributed by atoms with Crippen LogP contribution in [0.25, 0.3) is 0 Å². The number of aryl methyl sites for hydroxylation is 1. The maximum Gasteiger partial charge on any atom is 0.240 e. The van der Waals surface area contributed by atoms with Gasteiger partial charge in [0, 0.05) is 11.4 Å². The van der Waals surface area contributed by atoms with Crippen LogP contribution in [0.5, 0.6) is 0 Å². The van der Waals surface area contributed by atoms with Crippen LogP contribution >= 0.6 is 11.3 Å². The minimum absolute atomic E-state index is 0.290. The maximum absolute atomic E-state index is 12.3. The summed E-state index contributed by atoms with van der Waals surface area (Å²) in [5.74, 6) is 0. The van der Waals surface area contributed by atoms with Gasteiger partial charge in [-0.05, 0) is 54.1 Å². The van der Waals surface area contributed by atoms with Crippen molar-refractivity contribution in [3.8, 4) is 0 Å². The molecule has 0 atom stereocenters. The predicted molar refractivity (Wildman–Crippen MR) is 86.9 cm³/mol. The summed E-state index contributed by atoms with van der Waals surface area (Å²) >= 11 is 1.58. The summed E-state index contributed by atoms with van der Waals surface area (Å²) in [6, 6.07) is 8.91. The molecular weight excluding hydrogens is 304 g/mol. The number of sulfonamides is 1. The van der Waals surface area contributed by atoms with Crippen LogP contribution in [0.1, 0.15) is 22.9 Å². The number of nitrogens with one attached hydrogen (secondary N) is 1. The summed E-state index contributed by atoms with van der Waals surface area (Å²) in [4.78, 5) is 1.36. The molecular formula is C15H20N2O2S2. The second kappa shape index (κ2) is 7.17. The molecule has 21 heavy (non-hydrogen) atoms. The Bertz CT molecular complexity index is 676. The Balaban J connectivity index is 2.07. The molecule has 0 bridgehead atoms. The van der Waals surface area contributed by atoms with Crippen LogP contribution in [0, 0.1) is 0 Å². The lowest BCUT2D eigenvalue weighted by Crippen LogP contribution is -2.23. The number of thiophene rings is 1. The summed E-state index contributed by atoms with van der Waals surface area (Å²) in [5, 5.41) is 1.99. The van der Waals surface area contributed by atoms with Crippen LogP contribution in [-0.4, -0.2) is 15.0 Å². The molecule has 0 saturated heterocycles. The van der Waals surface area contributed by atoms with Crippen molar-refractivity contribution in [2.45, 2.75) is 31.2 Å². The number of nitrogens with two attached hydrogens (primary N) is 1. The fraction of sp³-hybridized carbons (Fsp3) is 0.333. The highest BCUT2D eigenvalue weighted by Gasteiger charge is 2.14. The lowest BCUT2D eigenvalue weighted by atomic mass is 10.2. The van der Waals surface area contributed by atoms with Gasteiger partial charge in [0.25, 0.3) is 0 Å². The monoisotopic (exact) mass is 324 g/mol. The summed E-state index contributed by atoms with van der Waals surface area (Å²) in [7, 11) is -3.47. The molecule has 0 amide bonds. The first-order valence-electron chi connectivity index (χ1n) is 6.90. The van der Waals surface area contributed by atoms with Gasteiger partial charge < -0.3 is 5.73 Å². The Morgan fingerprint density at radius 1 is 1.19 bits per heavy atom. The van der Waals surface area contributed by atoms with Crippen molar-refractivity contribution >= 4 is 21.4 Å². The van der Waals surface area contributed by atoms with Gasteiger partial charge in [-0.1, -0.05) is 19.1 Å². The minimum Gasteiger partial charge on any atom is -0.330 e. The quantitative estimate of drug-likeness (QED) is 0.821. The van der Waals surface area contributed by atoms with E-state index < -0.39 is 10.0 Å². The second-order valence-corrected chi connectivity index (χ2v) is 7.50. The van der Waals surface area contributed by atoms with Crippen molar-refractivity contribution < 1.29 is 8.42 Å². The first-order chi connectivity index (χ1) is 10.1. The molecule has 0 saturated carbocycles. The Labute approximate surface area is 130 Å². The van der Waals surface area contributed by atoms with Crippen molar-refractivity contribution in [1.82, 2.24) is 4.72 Å². The van der Waals surface area contributed by atoms with E-state index >= 15 is 0 Å². The van der Waals surface area contributed by atoms with E-state index in [-0.39, 0.29) is 4.90 Å². The van der Waals surface area contributed by atoms with Crippen LogP contribution in [-0.2, 0) is 29.4 Å². The third-order valence-corrected chi connectivity index (χ3v) is 5.69. The van der Waals surface area contributed by atoms with Gasteiger partial charge in [-0.25, -0.2) is 13.1 Å². The molecule has 1 aromatic carbocycles. The van der Waals surface area contributed by atoms with Crippen LogP contribution in [0.4, 0.5) is 0 Å². The Hall–Kier alpha value is -1.21. The lowest BCUT2D eigenvalue weighted by molar-refractivity contribution is 0.581. The van der Waals surface area contributed by atoms with Gasteiger partial charge in [0.1, 0.15) is 0 Å². The van der Waals surface area contributed by atoms with Crippen molar-refractivity contribution in [3.05, 3.63) is 51.7 Å². The first kappa shape index (κ1) is 16.2. The Morgan fingerprint density at radius 3 is 2.52 bits per heavy atom. The molecule has 0 aliphatic heterocycles. The van der Waals surface area contributed by atoms with Gasteiger partial charge in [0.05, 0.1) is 4.90 Å². The van der Waals surface area contributed by atoms with Gasteiger partial charge in [-0.15, -0.1) is 11.3 Å². The first-order valence-corrected chi connectivity index (χ1v) is 9.27. The third-order valence-electron chi connectivity index (χ3n) is 3.31. The van der Waals surface area contributed by atoms with E-state index in [1.54, 1.807) is 23.5 Å². The summed E-state index contributed by atoms with van der Waals surface area (Å²) in [6.45, 7) is 2.96. The molecule has 0 fully saturated rings. The highest BCUT2D eigenvalue weighted by atomic mass is 32.2. The summed E-state index contributed by atoms with van der Waals surface area (Å²) in [5.41, 5.74) is 7.72. The number of rotatable bonds is 7. The standard InChI is InChI=1S/C15H20N2O2S2/c1-2-13-8-10-20-15(13)11-17-21(18,19)14-5-3-12(4-6-14)7-9-16/h3-6,8,10,17H,2,7,9,11,16H2,1H3. The molecule has 4 nitrogen and oxygen atoms in total. The zero-order valence-electron chi connectivity index (χ0n) is 12.0. The fourth-order valence-electron chi connectivity index (χ4n) is 2.08. The maximum atomic E-state index is 12.3. The Kier molecular flexibility index (Phi) is 5.52. The molecule has 1 aromatic heterocycles. The molecule has 0 aliphatic rings. The van der Waals surface area contributed by atoms with Crippen molar-refractivity contribution in [2.24, 2.45) is 5.73 Å². The van der Waals surface area contributed by atoms with Crippen LogP contribution < -0.4 is 10.5 Å². The zero-order chi connectivity index (χ0) is 15.3. The van der Waals surface area contributed by atoms with E-state index in [9.17, 15) is 8.42 Å². The average molecular weight is 324 g/mol. The molecule has 0 unspecified atom stereocenters. The average Bonchev–Trinajstić information content (AvgIpc) is 2.94. The van der Waals surface area contributed by atoms with Gasteiger partial charge in [0.2, 0.25) is 10.0 Å². The molecule has 0 aliphatic carbocycles. The van der Waals surface area contributed by atoms with Gasteiger partial charge >= 0.3 is 0 Å². The van der Waals surface area contributed by atoms with Crippen LogP contribution in [0.2, 0.25) is 0 Å². The van der Waals surface area contributed by atoms with Crippen molar-refractivity contribution in [2.75, 3.05) is 6.54 Å². The number of hydrogen-bond acceptors (Lipinski definition) is 4. The van der Waals surface area contributed by atoms with Crippen LogP contribution in [0.15, 0.2) is 40.6 Å². The van der Waals surface area contributed by atoms with E-state index in [1.807, 2.05) is 23.6 Å². The zero-order valence-corrected chi connectivity index (χ0v) is 13.6.